The summed E-state index contributed by atoms with van der Waals surface area (Å²) in [5.41, 5.74) is -0.489. The van der Waals surface area contributed by atoms with Crippen molar-refractivity contribution in [1.29, 1.82) is 0 Å². The highest BCUT2D eigenvalue weighted by molar-refractivity contribution is 5.26. The van der Waals surface area contributed by atoms with Crippen molar-refractivity contribution < 1.29 is 18.3 Å². The van der Waals surface area contributed by atoms with Gasteiger partial charge in [-0.3, -0.25) is 4.98 Å². The van der Waals surface area contributed by atoms with Crippen LogP contribution in [0.1, 0.15) is 23.1 Å². The van der Waals surface area contributed by atoms with E-state index in [1.54, 1.807) is 11.6 Å². The molecular formula is C11H10F3N3O. The van der Waals surface area contributed by atoms with Crippen LogP contribution in [0, 0.1) is 0 Å². The molecule has 0 aliphatic rings. The summed E-state index contributed by atoms with van der Waals surface area (Å²) >= 11 is 0. The molecule has 1 N–H and O–H groups in total. The molecule has 2 rings (SSSR count). The second-order valence-corrected chi connectivity index (χ2v) is 3.80. The molecule has 0 saturated carbocycles. The van der Waals surface area contributed by atoms with Crippen LogP contribution < -0.4 is 0 Å². The van der Waals surface area contributed by atoms with Gasteiger partial charge in [0.1, 0.15) is 11.8 Å². The Kier molecular flexibility index (Phi) is 3.08. The third-order valence-corrected chi connectivity index (χ3v) is 2.52. The Labute approximate surface area is 101 Å². The molecule has 0 fully saturated rings. The Morgan fingerprint density at radius 2 is 2.11 bits per heavy atom. The summed E-state index contributed by atoms with van der Waals surface area (Å²) in [7, 11) is 1.65. The second-order valence-electron chi connectivity index (χ2n) is 3.80. The van der Waals surface area contributed by atoms with Gasteiger partial charge in [0.25, 0.3) is 0 Å². The molecule has 0 spiro atoms. The molecule has 1 unspecified atom stereocenters. The molecule has 2 aromatic heterocycles. The van der Waals surface area contributed by atoms with Gasteiger partial charge in [0.05, 0.1) is 18.2 Å². The number of aryl methyl sites for hydroxylation is 1. The Bertz CT molecular complexity index is 550. The van der Waals surface area contributed by atoms with Gasteiger partial charge < -0.3 is 9.67 Å². The zero-order valence-electron chi connectivity index (χ0n) is 9.39. The topological polar surface area (TPSA) is 50.9 Å². The Morgan fingerprint density at radius 1 is 1.39 bits per heavy atom. The minimum atomic E-state index is -4.53. The number of nitrogens with zero attached hydrogens (tertiary/aromatic N) is 3. The van der Waals surface area contributed by atoms with E-state index in [1.165, 1.54) is 18.6 Å². The van der Waals surface area contributed by atoms with Crippen LogP contribution in [0.25, 0.3) is 0 Å². The van der Waals surface area contributed by atoms with Crippen LogP contribution in [0.2, 0.25) is 0 Å². The number of pyridine rings is 1. The first kappa shape index (κ1) is 12.6. The van der Waals surface area contributed by atoms with E-state index < -0.39 is 18.0 Å². The van der Waals surface area contributed by atoms with Crippen LogP contribution in [0.3, 0.4) is 0 Å². The lowest BCUT2D eigenvalue weighted by molar-refractivity contribution is -0.141. The fourth-order valence-corrected chi connectivity index (χ4v) is 1.57. The molecule has 0 bridgehead atoms. The van der Waals surface area contributed by atoms with Crippen molar-refractivity contribution in [1.82, 2.24) is 14.5 Å². The van der Waals surface area contributed by atoms with Gasteiger partial charge in [0.2, 0.25) is 0 Å². The van der Waals surface area contributed by atoms with E-state index in [-0.39, 0.29) is 5.56 Å². The van der Waals surface area contributed by atoms with Crippen LogP contribution >= 0.6 is 0 Å². The van der Waals surface area contributed by atoms with E-state index in [4.69, 9.17) is 0 Å². The molecule has 4 nitrogen and oxygen atoms in total. The molecule has 0 radical (unpaired) electrons. The average Bonchev–Trinajstić information content (AvgIpc) is 2.73. The maximum Gasteiger partial charge on any atom is 0.433 e. The lowest BCUT2D eigenvalue weighted by Gasteiger charge is -2.13. The number of aromatic nitrogens is 3. The monoisotopic (exact) mass is 257 g/mol. The molecule has 0 aromatic carbocycles. The summed E-state index contributed by atoms with van der Waals surface area (Å²) < 4.78 is 39.0. The Morgan fingerprint density at radius 3 is 2.67 bits per heavy atom. The van der Waals surface area contributed by atoms with Crippen LogP contribution in [0.4, 0.5) is 13.2 Å². The highest BCUT2D eigenvalue weighted by atomic mass is 19.4. The maximum atomic E-state index is 12.5. The highest BCUT2D eigenvalue weighted by Gasteiger charge is 2.33. The molecule has 1 atom stereocenters. The molecule has 18 heavy (non-hydrogen) atoms. The summed E-state index contributed by atoms with van der Waals surface area (Å²) in [5, 5.41) is 10.00. The first-order chi connectivity index (χ1) is 8.39. The van der Waals surface area contributed by atoms with Crippen molar-refractivity contribution in [2.75, 3.05) is 0 Å². The van der Waals surface area contributed by atoms with E-state index in [9.17, 15) is 18.3 Å². The van der Waals surface area contributed by atoms with Crippen molar-refractivity contribution >= 4 is 0 Å². The Balaban J connectivity index is 2.38. The summed E-state index contributed by atoms with van der Waals surface area (Å²) in [6, 6.07) is 2.17. The van der Waals surface area contributed by atoms with Crippen molar-refractivity contribution in [2.45, 2.75) is 12.3 Å². The smallest absolute Gasteiger partial charge is 0.382 e. The van der Waals surface area contributed by atoms with E-state index in [2.05, 4.69) is 9.97 Å². The number of imidazole rings is 1. The number of hydrogen-bond acceptors (Lipinski definition) is 3. The molecule has 2 aromatic rings. The quantitative estimate of drug-likeness (QED) is 0.894. The molecule has 0 saturated heterocycles. The summed E-state index contributed by atoms with van der Waals surface area (Å²) in [6.45, 7) is 0. The van der Waals surface area contributed by atoms with Gasteiger partial charge >= 0.3 is 6.18 Å². The molecule has 0 aliphatic heterocycles. The first-order valence-electron chi connectivity index (χ1n) is 5.07. The van der Waals surface area contributed by atoms with Crippen LogP contribution in [-0.4, -0.2) is 19.6 Å². The SMILES string of the molecule is Cn1cncc1C(O)c1ccnc(C(F)(F)F)c1. The largest absolute Gasteiger partial charge is 0.433 e. The third kappa shape index (κ3) is 2.35. The van der Waals surface area contributed by atoms with Crippen molar-refractivity contribution in [3.63, 3.8) is 0 Å². The van der Waals surface area contributed by atoms with Crippen molar-refractivity contribution in [3.8, 4) is 0 Å². The molecular weight excluding hydrogens is 247 g/mol. The van der Waals surface area contributed by atoms with Gasteiger partial charge in [-0.1, -0.05) is 0 Å². The molecule has 0 aliphatic carbocycles. The number of aliphatic hydroxyl groups is 1. The van der Waals surface area contributed by atoms with Gasteiger partial charge in [0.15, 0.2) is 0 Å². The number of hydrogen-bond donors (Lipinski definition) is 1. The Hall–Kier alpha value is -1.89. The number of halogens is 3. The second kappa shape index (κ2) is 4.41. The van der Waals surface area contributed by atoms with E-state index >= 15 is 0 Å². The normalized spacial score (nSPS) is 13.6. The van der Waals surface area contributed by atoms with Gasteiger partial charge in [0, 0.05) is 13.2 Å². The van der Waals surface area contributed by atoms with E-state index in [0.29, 0.717) is 5.69 Å². The van der Waals surface area contributed by atoms with Crippen LogP contribution in [-0.2, 0) is 13.2 Å². The standard InChI is InChI=1S/C11H10F3N3O/c1-17-6-15-5-8(17)10(18)7-2-3-16-9(4-7)11(12,13)14/h2-6,10,18H,1H3. The summed E-state index contributed by atoms with van der Waals surface area (Å²) in [4.78, 5) is 7.04. The van der Waals surface area contributed by atoms with Gasteiger partial charge in [-0.15, -0.1) is 0 Å². The maximum absolute atomic E-state index is 12.5. The molecule has 96 valence electrons. The fraction of sp³-hybridized carbons (Fsp3) is 0.273. The lowest BCUT2D eigenvalue weighted by Crippen LogP contribution is -2.11. The minimum Gasteiger partial charge on any atom is -0.382 e. The minimum absolute atomic E-state index is 0.126. The fourth-order valence-electron chi connectivity index (χ4n) is 1.57. The zero-order chi connectivity index (χ0) is 13.3. The number of rotatable bonds is 2. The molecule has 7 heteroatoms. The molecule has 2 heterocycles. The lowest BCUT2D eigenvalue weighted by atomic mass is 10.1. The third-order valence-electron chi connectivity index (χ3n) is 2.52. The van der Waals surface area contributed by atoms with Gasteiger partial charge in [-0.25, -0.2) is 4.98 Å². The predicted octanol–water partition coefficient (Wildman–Crippen LogP) is 1.92. The first-order valence-corrected chi connectivity index (χ1v) is 5.07. The highest BCUT2D eigenvalue weighted by Crippen LogP contribution is 2.30. The summed E-state index contributed by atoms with van der Waals surface area (Å²) in [6.07, 6.45) is -1.80. The van der Waals surface area contributed by atoms with Gasteiger partial charge in [-0.2, -0.15) is 13.2 Å². The number of alkyl halides is 3. The van der Waals surface area contributed by atoms with Gasteiger partial charge in [-0.05, 0) is 17.7 Å². The zero-order valence-corrected chi connectivity index (χ0v) is 9.39. The summed E-state index contributed by atoms with van der Waals surface area (Å²) in [5.74, 6) is 0. The predicted molar refractivity (Wildman–Crippen MR) is 56.5 cm³/mol. The van der Waals surface area contributed by atoms with Crippen molar-refractivity contribution in [3.05, 3.63) is 47.8 Å². The number of aliphatic hydroxyl groups excluding tert-OH is 1. The van der Waals surface area contributed by atoms with E-state index in [1.807, 2.05) is 0 Å². The van der Waals surface area contributed by atoms with Crippen LogP contribution in [0.15, 0.2) is 30.9 Å². The van der Waals surface area contributed by atoms with Crippen molar-refractivity contribution in [2.24, 2.45) is 7.05 Å². The van der Waals surface area contributed by atoms with E-state index in [0.717, 1.165) is 12.3 Å². The van der Waals surface area contributed by atoms with Crippen LogP contribution in [0.5, 0.6) is 0 Å². The molecule has 0 amide bonds. The average molecular weight is 257 g/mol.